The highest BCUT2D eigenvalue weighted by molar-refractivity contribution is 5.66. The maximum absolute atomic E-state index is 10.3. The van der Waals surface area contributed by atoms with E-state index in [2.05, 4.69) is 4.90 Å². The van der Waals surface area contributed by atoms with Gasteiger partial charge in [0.15, 0.2) is 0 Å². The summed E-state index contributed by atoms with van der Waals surface area (Å²) in [7, 11) is 2.00. The summed E-state index contributed by atoms with van der Waals surface area (Å²) in [6.45, 7) is 3.22. The van der Waals surface area contributed by atoms with E-state index in [0.29, 0.717) is 0 Å². The Morgan fingerprint density at radius 3 is 2.56 bits per heavy atom. The summed E-state index contributed by atoms with van der Waals surface area (Å²) in [6, 6.07) is 0. The molecule has 0 amide bonds. The fraction of sp³-hybridized carbons (Fsp3) is 0.833. The van der Waals surface area contributed by atoms with Crippen LogP contribution in [0.5, 0.6) is 0 Å². The van der Waals surface area contributed by atoms with E-state index in [4.69, 9.17) is 4.74 Å². The number of nitrogens with zero attached hydrogens (tertiary/aromatic N) is 1. The predicted octanol–water partition coefficient (Wildman–Crippen LogP) is -0.137. The molecule has 1 fully saturated rings. The Labute approximate surface area is 54.6 Å². The first-order valence-electron chi connectivity index (χ1n) is 3.04. The van der Waals surface area contributed by atoms with Gasteiger partial charge in [0.1, 0.15) is 6.10 Å². The molecule has 1 saturated heterocycles. The minimum absolute atomic E-state index is 0.160. The zero-order chi connectivity index (χ0) is 6.85. The van der Waals surface area contributed by atoms with Crippen molar-refractivity contribution in [3.05, 3.63) is 0 Å². The smallest absolute Gasteiger partial charge is 0.302 e. The third kappa shape index (κ3) is 1.68. The van der Waals surface area contributed by atoms with Gasteiger partial charge in [-0.25, -0.2) is 0 Å². The van der Waals surface area contributed by atoms with Gasteiger partial charge in [-0.05, 0) is 7.05 Å². The summed E-state index contributed by atoms with van der Waals surface area (Å²) in [5.74, 6) is -0.173. The predicted molar refractivity (Wildman–Crippen MR) is 33.1 cm³/mol. The van der Waals surface area contributed by atoms with Crippen molar-refractivity contribution in [1.29, 1.82) is 0 Å². The van der Waals surface area contributed by atoms with E-state index >= 15 is 0 Å². The third-order valence-electron chi connectivity index (χ3n) is 1.36. The van der Waals surface area contributed by atoms with Crippen molar-refractivity contribution in [2.75, 3.05) is 20.1 Å². The molecule has 3 heteroatoms. The lowest BCUT2D eigenvalue weighted by Gasteiger charge is -2.34. The fourth-order valence-corrected chi connectivity index (χ4v) is 0.951. The van der Waals surface area contributed by atoms with E-state index < -0.39 is 0 Å². The first kappa shape index (κ1) is 6.55. The Morgan fingerprint density at radius 1 is 1.67 bits per heavy atom. The largest absolute Gasteiger partial charge is 0.460 e. The van der Waals surface area contributed by atoms with Crippen LogP contribution in [0.4, 0.5) is 0 Å². The monoisotopic (exact) mass is 129 g/mol. The van der Waals surface area contributed by atoms with Crippen molar-refractivity contribution in [2.45, 2.75) is 13.0 Å². The van der Waals surface area contributed by atoms with E-state index in [1.165, 1.54) is 6.92 Å². The van der Waals surface area contributed by atoms with Crippen molar-refractivity contribution >= 4 is 5.97 Å². The molecule has 3 nitrogen and oxygen atoms in total. The second-order valence-electron chi connectivity index (χ2n) is 2.45. The molecule has 0 radical (unpaired) electrons. The molecule has 0 N–H and O–H groups in total. The van der Waals surface area contributed by atoms with Gasteiger partial charge < -0.3 is 4.74 Å². The molecule has 0 spiro atoms. The molecule has 1 heterocycles. The van der Waals surface area contributed by atoms with Gasteiger partial charge in [0.2, 0.25) is 0 Å². The first-order valence-corrected chi connectivity index (χ1v) is 3.04. The normalized spacial score (nSPS) is 21.1. The number of likely N-dealkylation sites (tertiary alicyclic amines) is 1. The Balaban J connectivity index is 2.11. The van der Waals surface area contributed by atoms with Crippen molar-refractivity contribution < 1.29 is 9.53 Å². The average Bonchev–Trinajstić information content (AvgIpc) is 1.60. The standard InChI is InChI=1S/C6H11NO2/c1-5(8)9-6-3-7(2)4-6/h6H,3-4H2,1-2H3. The van der Waals surface area contributed by atoms with Crippen LogP contribution in [0.1, 0.15) is 6.92 Å². The Hall–Kier alpha value is -0.570. The summed E-state index contributed by atoms with van der Waals surface area (Å²) in [4.78, 5) is 12.4. The Bertz CT molecular complexity index is 118. The summed E-state index contributed by atoms with van der Waals surface area (Å²) >= 11 is 0. The van der Waals surface area contributed by atoms with Crippen LogP contribution in [-0.4, -0.2) is 37.1 Å². The average molecular weight is 129 g/mol. The zero-order valence-electron chi connectivity index (χ0n) is 5.76. The lowest BCUT2D eigenvalue weighted by molar-refractivity contribution is -0.153. The molecule has 0 aromatic heterocycles. The number of rotatable bonds is 1. The van der Waals surface area contributed by atoms with Gasteiger partial charge in [0.25, 0.3) is 0 Å². The van der Waals surface area contributed by atoms with Crippen LogP contribution >= 0.6 is 0 Å². The number of carbonyl (C=O) groups is 1. The molecule has 0 aromatic carbocycles. The maximum Gasteiger partial charge on any atom is 0.302 e. The third-order valence-corrected chi connectivity index (χ3v) is 1.36. The number of hydrogen-bond acceptors (Lipinski definition) is 3. The molecule has 9 heavy (non-hydrogen) atoms. The fourth-order valence-electron chi connectivity index (χ4n) is 0.951. The van der Waals surface area contributed by atoms with E-state index in [-0.39, 0.29) is 12.1 Å². The van der Waals surface area contributed by atoms with Crippen LogP contribution in [-0.2, 0) is 9.53 Å². The number of ether oxygens (including phenoxy) is 1. The van der Waals surface area contributed by atoms with E-state index in [0.717, 1.165) is 13.1 Å². The van der Waals surface area contributed by atoms with Gasteiger partial charge in [0.05, 0.1) is 0 Å². The van der Waals surface area contributed by atoms with Gasteiger partial charge in [-0.3, -0.25) is 9.69 Å². The molecule has 0 atom stereocenters. The van der Waals surface area contributed by atoms with Crippen molar-refractivity contribution in [2.24, 2.45) is 0 Å². The van der Waals surface area contributed by atoms with Gasteiger partial charge >= 0.3 is 5.97 Å². The minimum Gasteiger partial charge on any atom is -0.460 e. The second kappa shape index (κ2) is 2.35. The molecule has 1 aliphatic rings. The molecule has 1 rings (SSSR count). The topological polar surface area (TPSA) is 29.5 Å². The second-order valence-corrected chi connectivity index (χ2v) is 2.45. The molecule has 0 aromatic rings. The van der Waals surface area contributed by atoms with Crippen LogP contribution in [0, 0.1) is 0 Å². The molecule has 0 aliphatic carbocycles. The Morgan fingerprint density at radius 2 is 2.22 bits per heavy atom. The van der Waals surface area contributed by atoms with Crippen molar-refractivity contribution in [1.82, 2.24) is 4.90 Å². The highest BCUT2D eigenvalue weighted by Gasteiger charge is 2.25. The minimum atomic E-state index is -0.173. The van der Waals surface area contributed by atoms with Gasteiger partial charge in [-0.2, -0.15) is 0 Å². The number of likely N-dealkylation sites (N-methyl/N-ethyl adjacent to an activating group) is 1. The van der Waals surface area contributed by atoms with Gasteiger partial charge in [0, 0.05) is 20.0 Å². The number of esters is 1. The van der Waals surface area contributed by atoms with Crippen LogP contribution < -0.4 is 0 Å². The van der Waals surface area contributed by atoms with Crippen LogP contribution in [0.15, 0.2) is 0 Å². The molecular formula is C6H11NO2. The molecule has 0 saturated carbocycles. The number of carbonyl (C=O) groups excluding carboxylic acids is 1. The molecule has 52 valence electrons. The maximum atomic E-state index is 10.3. The van der Waals surface area contributed by atoms with Gasteiger partial charge in [-0.1, -0.05) is 0 Å². The van der Waals surface area contributed by atoms with E-state index in [9.17, 15) is 4.79 Å². The van der Waals surface area contributed by atoms with Crippen molar-refractivity contribution in [3.8, 4) is 0 Å². The first-order chi connectivity index (χ1) is 4.18. The van der Waals surface area contributed by atoms with Crippen molar-refractivity contribution in [3.63, 3.8) is 0 Å². The quantitative estimate of drug-likeness (QED) is 0.462. The van der Waals surface area contributed by atoms with Gasteiger partial charge in [-0.15, -0.1) is 0 Å². The summed E-state index contributed by atoms with van der Waals surface area (Å²) in [5.41, 5.74) is 0. The summed E-state index contributed by atoms with van der Waals surface area (Å²) < 4.78 is 4.88. The summed E-state index contributed by atoms with van der Waals surface area (Å²) in [5, 5.41) is 0. The Kier molecular flexibility index (Phi) is 1.71. The highest BCUT2D eigenvalue weighted by Crippen LogP contribution is 2.07. The molecule has 0 unspecified atom stereocenters. The number of hydrogen-bond donors (Lipinski definition) is 0. The van der Waals surface area contributed by atoms with Crippen LogP contribution in [0.25, 0.3) is 0 Å². The zero-order valence-corrected chi connectivity index (χ0v) is 5.76. The SMILES string of the molecule is CC(=O)OC1CN(C)C1. The lowest BCUT2D eigenvalue weighted by atomic mass is 10.2. The van der Waals surface area contributed by atoms with E-state index in [1.807, 2.05) is 7.05 Å². The summed E-state index contributed by atoms with van der Waals surface area (Å²) in [6.07, 6.45) is 0.160. The molecule has 1 aliphatic heterocycles. The molecule has 0 bridgehead atoms. The lowest BCUT2D eigenvalue weighted by Crippen LogP contribution is -2.50. The van der Waals surface area contributed by atoms with E-state index in [1.54, 1.807) is 0 Å². The van der Waals surface area contributed by atoms with Crippen LogP contribution in [0.3, 0.4) is 0 Å². The van der Waals surface area contributed by atoms with Crippen LogP contribution in [0.2, 0.25) is 0 Å². The highest BCUT2D eigenvalue weighted by atomic mass is 16.5. The molecular weight excluding hydrogens is 118 g/mol.